The van der Waals surface area contributed by atoms with Crippen LogP contribution in [0.3, 0.4) is 0 Å². The van der Waals surface area contributed by atoms with Crippen LogP contribution in [0.1, 0.15) is 16.1 Å². The third-order valence-electron chi connectivity index (χ3n) is 2.77. The number of nitrogens with zero attached hydrogens (tertiary/aromatic N) is 3. The molecular weight excluding hydrogens is 272 g/mol. The number of anilines is 1. The molecule has 0 unspecified atom stereocenters. The molecule has 2 heterocycles. The second-order valence-corrected chi connectivity index (χ2v) is 5.12. The van der Waals surface area contributed by atoms with Crippen molar-refractivity contribution in [1.29, 1.82) is 0 Å². The fourth-order valence-electron chi connectivity index (χ4n) is 1.78. The SMILES string of the molecule is Cc1csc(NC(=O)c2ccc(-n3ccnc3)cc2)n1. The molecule has 0 radical (unpaired) electrons. The number of benzene rings is 1. The van der Waals surface area contributed by atoms with Gasteiger partial charge in [0.05, 0.1) is 12.0 Å². The first kappa shape index (κ1) is 12.6. The van der Waals surface area contributed by atoms with Gasteiger partial charge in [0.15, 0.2) is 5.13 Å². The molecule has 6 heteroatoms. The molecule has 1 N–H and O–H groups in total. The number of carbonyl (C=O) groups is 1. The number of carbonyl (C=O) groups excluding carboxylic acids is 1. The molecular formula is C14H12N4OS. The van der Waals surface area contributed by atoms with Crippen LogP contribution in [0.5, 0.6) is 0 Å². The lowest BCUT2D eigenvalue weighted by molar-refractivity contribution is 0.102. The van der Waals surface area contributed by atoms with Crippen molar-refractivity contribution in [2.75, 3.05) is 5.32 Å². The van der Waals surface area contributed by atoms with E-state index < -0.39 is 0 Å². The van der Waals surface area contributed by atoms with Gasteiger partial charge in [0.2, 0.25) is 0 Å². The van der Waals surface area contributed by atoms with E-state index in [0.717, 1.165) is 11.4 Å². The lowest BCUT2D eigenvalue weighted by Gasteiger charge is -2.04. The molecule has 0 aliphatic rings. The Bertz CT molecular complexity index is 716. The Morgan fingerprint density at radius 2 is 2.10 bits per heavy atom. The highest BCUT2D eigenvalue weighted by Crippen LogP contribution is 2.16. The number of aryl methyl sites for hydroxylation is 1. The zero-order chi connectivity index (χ0) is 13.9. The van der Waals surface area contributed by atoms with Crippen LogP contribution in [-0.2, 0) is 0 Å². The summed E-state index contributed by atoms with van der Waals surface area (Å²) in [6.45, 7) is 1.89. The molecule has 1 aromatic carbocycles. The Balaban J connectivity index is 1.75. The molecule has 0 bridgehead atoms. The first-order valence-electron chi connectivity index (χ1n) is 6.04. The fraction of sp³-hybridized carbons (Fsp3) is 0.0714. The summed E-state index contributed by atoms with van der Waals surface area (Å²) >= 11 is 1.42. The Hall–Kier alpha value is -2.47. The Kier molecular flexibility index (Phi) is 3.30. The number of hydrogen-bond donors (Lipinski definition) is 1. The molecule has 0 spiro atoms. The van der Waals surface area contributed by atoms with Crippen molar-refractivity contribution >= 4 is 22.4 Å². The first-order valence-corrected chi connectivity index (χ1v) is 6.92. The second kappa shape index (κ2) is 5.26. The predicted octanol–water partition coefficient (Wildman–Crippen LogP) is 2.89. The number of rotatable bonds is 3. The van der Waals surface area contributed by atoms with Crippen molar-refractivity contribution in [1.82, 2.24) is 14.5 Å². The minimum Gasteiger partial charge on any atom is -0.306 e. The Morgan fingerprint density at radius 3 is 2.70 bits per heavy atom. The number of nitrogens with one attached hydrogen (secondary N) is 1. The zero-order valence-corrected chi connectivity index (χ0v) is 11.6. The van der Waals surface area contributed by atoms with Gasteiger partial charge in [0.25, 0.3) is 5.91 Å². The van der Waals surface area contributed by atoms with Gasteiger partial charge in [-0.25, -0.2) is 9.97 Å². The van der Waals surface area contributed by atoms with Crippen molar-refractivity contribution in [3.05, 3.63) is 59.6 Å². The van der Waals surface area contributed by atoms with Gasteiger partial charge >= 0.3 is 0 Å². The second-order valence-electron chi connectivity index (χ2n) is 4.26. The van der Waals surface area contributed by atoms with Crippen molar-refractivity contribution < 1.29 is 4.79 Å². The van der Waals surface area contributed by atoms with E-state index in [1.807, 2.05) is 35.2 Å². The summed E-state index contributed by atoms with van der Waals surface area (Å²) in [4.78, 5) is 20.3. The molecule has 100 valence electrons. The van der Waals surface area contributed by atoms with E-state index in [0.29, 0.717) is 10.7 Å². The molecule has 5 nitrogen and oxygen atoms in total. The maximum atomic E-state index is 12.1. The highest BCUT2D eigenvalue weighted by Gasteiger charge is 2.08. The van der Waals surface area contributed by atoms with Gasteiger partial charge in [-0.3, -0.25) is 10.1 Å². The van der Waals surface area contributed by atoms with Crippen LogP contribution in [0.4, 0.5) is 5.13 Å². The smallest absolute Gasteiger partial charge is 0.257 e. The summed E-state index contributed by atoms with van der Waals surface area (Å²) in [5, 5.41) is 5.30. The molecule has 0 saturated heterocycles. The van der Waals surface area contributed by atoms with E-state index in [9.17, 15) is 4.79 Å². The highest BCUT2D eigenvalue weighted by molar-refractivity contribution is 7.13. The average Bonchev–Trinajstić information content (AvgIpc) is 3.11. The maximum Gasteiger partial charge on any atom is 0.257 e. The number of thiazole rings is 1. The summed E-state index contributed by atoms with van der Waals surface area (Å²) in [7, 11) is 0. The fourth-order valence-corrected chi connectivity index (χ4v) is 2.46. The molecule has 3 rings (SSSR count). The third kappa shape index (κ3) is 2.60. The molecule has 20 heavy (non-hydrogen) atoms. The maximum absolute atomic E-state index is 12.1. The van der Waals surface area contributed by atoms with Crippen LogP contribution < -0.4 is 5.32 Å². The minimum atomic E-state index is -0.156. The molecule has 1 amide bonds. The quantitative estimate of drug-likeness (QED) is 0.804. The van der Waals surface area contributed by atoms with E-state index in [1.54, 1.807) is 24.7 Å². The first-order chi connectivity index (χ1) is 9.72. The molecule has 2 aromatic heterocycles. The standard InChI is InChI=1S/C14H12N4OS/c1-10-8-20-14(16-10)17-13(19)11-2-4-12(5-3-11)18-7-6-15-9-18/h2-9H,1H3,(H,16,17,19). The topological polar surface area (TPSA) is 59.8 Å². The van der Waals surface area contributed by atoms with Crippen LogP contribution >= 0.6 is 11.3 Å². The van der Waals surface area contributed by atoms with Gasteiger partial charge in [-0.2, -0.15) is 0 Å². The van der Waals surface area contributed by atoms with E-state index >= 15 is 0 Å². The Labute approximate surface area is 119 Å². The minimum absolute atomic E-state index is 0.156. The van der Waals surface area contributed by atoms with Crippen LogP contribution in [0.15, 0.2) is 48.4 Å². The molecule has 0 aliphatic carbocycles. The molecule has 3 aromatic rings. The molecule has 0 atom stereocenters. The highest BCUT2D eigenvalue weighted by atomic mass is 32.1. The number of amides is 1. The van der Waals surface area contributed by atoms with Gasteiger partial charge in [0.1, 0.15) is 0 Å². The summed E-state index contributed by atoms with van der Waals surface area (Å²) in [6, 6.07) is 7.32. The van der Waals surface area contributed by atoms with E-state index in [4.69, 9.17) is 0 Å². The number of imidazole rings is 1. The largest absolute Gasteiger partial charge is 0.306 e. The molecule has 0 saturated carbocycles. The molecule has 0 fully saturated rings. The lowest BCUT2D eigenvalue weighted by Crippen LogP contribution is -2.11. The van der Waals surface area contributed by atoms with Gasteiger partial charge in [-0.1, -0.05) is 0 Å². The third-order valence-corrected chi connectivity index (χ3v) is 3.65. The van der Waals surface area contributed by atoms with E-state index in [-0.39, 0.29) is 5.91 Å². The summed E-state index contributed by atoms with van der Waals surface area (Å²) in [6.07, 6.45) is 5.28. The monoisotopic (exact) mass is 284 g/mol. The van der Waals surface area contributed by atoms with Crippen LogP contribution in [0.25, 0.3) is 5.69 Å². The van der Waals surface area contributed by atoms with Gasteiger partial charge in [0, 0.05) is 29.0 Å². The summed E-state index contributed by atoms with van der Waals surface area (Å²) < 4.78 is 1.88. The lowest BCUT2D eigenvalue weighted by atomic mass is 10.2. The predicted molar refractivity (Wildman–Crippen MR) is 78.4 cm³/mol. The zero-order valence-electron chi connectivity index (χ0n) is 10.8. The van der Waals surface area contributed by atoms with E-state index in [2.05, 4.69) is 15.3 Å². The average molecular weight is 284 g/mol. The van der Waals surface area contributed by atoms with Crippen LogP contribution in [0, 0.1) is 6.92 Å². The summed E-state index contributed by atoms with van der Waals surface area (Å²) in [5.41, 5.74) is 2.46. The van der Waals surface area contributed by atoms with Crippen LogP contribution in [-0.4, -0.2) is 20.4 Å². The molecule has 0 aliphatic heterocycles. The normalized spacial score (nSPS) is 10.4. The number of hydrogen-bond acceptors (Lipinski definition) is 4. The van der Waals surface area contributed by atoms with E-state index in [1.165, 1.54) is 11.3 Å². The van der Waals surface area contributed by atoms with Gasteiger partial charge < -0.3 is 4.57 Å². The van der Waals surface area contributed by atoms with Crippen molar-refractivity contribution in [2.45, 2.75) is 6.92 Å². The Morgan fingerprint density at radius 1 is 1.30 bits per heavy atom. The van der Waals surface area contributed by atoms with Gasteiger partial charge in [-0.15, -0.1) is 11.3 Å². The van der Waals surface area contributed by atoms with Crippen molar-refractivity contribution in [3.8, 4) is 5.69 Å². The number of aromatic nitrogens is 3. The van der Waals surface area contributed by atoms with Gasteiger partial charge in [-0.05, 0) is 31.2 Å². The van der Waals surface area contributed by atoms with Crippen LogP contribution in [0.2, 0.25) is 0 Å². The summed E-state index contributed by atoms with van der Waals surface area (Å²) in [5.74, 6) is -0.156. The van der Waals surface area contributed by atoms with Crippen molar-refractivity contribution in [2.24, 2.45) is 0 Å². The van der Waals surface area contributed by atoms with Crippen molar-refractivity contribution in [3.63, 3.8) is 0 Å².